The second kappa shape index (κ2) is 3.26. The highest BCUT2D eigenvalue weighted by Gasteiger charge is 2.19. The van der Waals surface area contributed by atoms with Crippen LogP contribution in [-0.2, 0) is 13.0 Å². The summed E-state index contributed by atoms with van der Waals surface area (Å²) in [6.07, 6.45) is 2.36. The van der Waals surface area contributed by atoms with Gasteiger partial charge in [-0.1, -0.05) is 11.6 Å². The maximum Gasteiger partial charge on any atom is 0.0527 e. The molecule has 0 bridgehead atoms. The van der Waals surface area contributed by atoms with Gasteiger partial charge in [0.15, 0.2) is 0 Å². The summed E-state index contributed by atoms with van der Waals surface area (Å²) in [5, 5.41) is 2.10. The Morgan fingerprint density at radius 2 is 2.20 bits per heavy atom. The van der Waals surface area contributed by atoms with Gasteiger partial charge in [-0.15, -0.1) is 0 Å². The zero-order valence-corrected chi connectivity index (χ0v) is 10.8. The Morgan fingerprint density at radius 1 is 1.40 bits per heavy atom. The molecule has 0 fully saturated rings. The van der Waals surface area contributed by atoms with E-state index in [9.17, 15) is 0 Å². The Hall–Kier alpha value is -0.470. The molecule has 1 aliphatic heterocycles. The third kappa shape index (κ3) is 1.28. The summed E-state index contributed by atoms with van der Waals surface area (Å²) < 4.78 is 3.59. The van der Waals surface area contributed by atoms with Gasteiger partial charge in [-0.05, 0) is 53.4 Å². The molecule has 0 atom stereocenters. The van der Waals surface area contributed by atoms with Gasteiger partial charge in [-0.3, -0.25) is 0 Å². The van der Waals surface area contributed by atoms with Crippen LogP contribution in [0, 0.1) is 6.92 Å². The summed E-state index contributed by atoms with van der Waals surface area (Å²) in [5.41, 5.74) is 4.07. The molecule has 0 saturated heterocycles. The van der Waals surface area contributed by atoms with Crippen LogP contribution in [-0.4, -0.2) is 4.57 Å². The molecule has 0 spiro atoms. The highest BCUT2D eigenvalue weighted by atomic mass is 79.9. The quantitative estimate of drug-likeness (QED) is 0.679. The van der Waals surface area contributed by atoms with Gasteiger partial charge in [0.05, 0.1) is 5.52 Å². The van der Waals surface area contributed by atoms with Crippen LogP contribution in [0.25, 0.3) is 10.9 Å². The number of hydrogen-bond acceptors (Lipinski definition) is 0. The van der Waals surface area contributed by atoms with Crippen molar-refractivity contribution in [2.24, 2.45) is 0 Å². The van der Waals surface area contributed by atoms with Crippen LogP contribution < -0.4 is 0 Å². The van der Waals surface area contributed by atoms with E-state index in [2.05, 4.69) is 39.6 Å². The molecule has 3 rings (SSSR count). The molecule has 1 aromatic heterocycles. The molecular weight excluding hydrogens is 273 g/mol. The Balaban J connectivity index is 2.53. The van der Waals surface area contributed by atoms with Crippen molar-refractivity contribution in [3.8, 4) is 0 Å². The number of hydrogen-bond donors (Lipinski definition) is 0. The molecule has 0 amide bonds. The van der Waals surface area contributed by atoms with E-state index in [1.54, 1.807) is 0 Å². The lowest BCUT2D eigenvalue weighted by Gasteiger charge is -2.17. The van der Waals surface area contributed by atoms with E-state index >= 15 is 0 Å². The number of rotatable bonds is 0. The second-order valence-electron chi connectivity index (χ2n) is 4.12. The summed E-state index contributed by atoms with van der Waals surface area (Å²) in [5.74, 6) is 0. The van der Waals surface area contributed by atoms with E-state index < -0.39 is 0 Å². The molecular formula is C12H11BrClN. The summed E-state index contributed by atoms with van der Waals surface area (Å²) >= 11 is 9.79. The number of halogens is 2. The average molecular weight is 285 g/mol. The lowest BCUT2D eigenvalue weighted by atomic mass is 10.0. The molecule has 78 valence electrons. The summed E-state index contributed by atoms with van der Waals surface area (Å²) in [6, 6.07) is 4.16. The van der Waals surface area contributed by atoms with E-state index in [1.807, 2.05) is 0 Å². The van der Waals surface area contributed by atoms with Crippen LogP contribution in [0.3, 0.4) is 0 Å². The van der Waals surface area contributed by atoms with E-state index in [1.165, 1.54) is 33.1 Å². The van der Waals surface area contributed by atoms with Gasteiger partial charge in [-0.25, -0.2) is 0 Å². The molecule has 0 saturated carbocycles. The topological polar surface area (TPSA) is 4.93 Å². The fourth-order valence-corrected chi connectivity index (χ4v) is 3.28. The molecule has 0 aliphatic carbocycles. The van der Waals surface area contributed by atoms with Crippen LogP contribution in [0.1, 0.15) is 17.7 Å². The van der Waals surface area contributed by atoms with Crippen molar-refractivity contribution in [1.29, 1.82) is 0 Å². The third-order valence-electron chi connectivity index (χ3n) is 3.21. The van der Waals surface area contributed by atoms with Crippen LogP contribution >= 0.6 is 27.5 Å². The van der Waals surface area contributed by atoms with Gasteiger partial charge >= 0.3 is 0 Å². The van der Waals surface area contributed by atoms with Crippen molar-refractivity contribution in [3.05, 3.63) is 32.9 Å². The second-order valence-corrected chi connectivity index (χ2v) is 5.35. The highest BCUT2D eigenvalue weighted by molar-refractivity contribution is 9.10. The van der Waals surface area contributed by atoms with Gasteiger partial charge in [0.25, 0.3) is 0 Å². The molecule has 0 unspecified atom stereocenters. The van der Waals surface area contributed by atoms with E-state index in [-0.39, 0.29) is 0 Å². The zero-order chi connectivity index (χ0) is 10.6. The fourth-order valence-electron chi connectivity index (χ4n) is 2.52. The first kappa shape index (κ1) is 9.73. The van der Waals surface area contributed by atoms with Gasteiger partial charge in [0, 0.05) is 27.1 Å². The highest BCUT2D eigenvalue weighted by Crippen LogP contribution is 2.37. The Bertz CT molecular complexity index is 556. The maximum atomic E-state index is 6.13. The van der Waals surface area contributed by atoms with Gasteiger partial charge in [0.1, 0.15) is 0 Å². The smallest absolute Gasteiger partial charge is 0.0527 e. The van der Waals surface area contributed by atoms with Gasteiger partial charge in [0.2, 0.25) is 0 Å². The van der Waals surface area contributed by atoms with Crippen molar-refractivity contribution < 1.29 is 0 Å². The number of nitrogens with zero attached hydrogens (tertiary/aromatic N) is 1. The Morgan fingerprint density at radius 3 is 3.00 bits per heavy atom. The Labute approximate surface area is 102 Å². The molecule has 1 aliphatic rings. The van der Waals surface area contributed by atoms with Crippen molar-refractivity contribution in [3.63, 3.8) is 0 Å². The summed E-state index contributed by atoms with van der Waals surface area (Å²) in [4.78, 5) is 0. The van der Waals surface area contributed by atoms with Crippen LogP contribution in [0.5, 0.6) is 0 Å². The van der Waals surface area contributed by atoms with Crippen LogP contribution in [0.4, 0.5) is 0 Å². The largest absolute Gasteiger partial charge is 0.343 e. The van der Waals surface area contributed by atoms with Crippen molar-refractivity contribution in [2.75, 3.05) is 0 Å². The fraction of sp³-hybridized carbons (Fsp3) is 0.333. The van der Waals surface area contributed by atoms with Crippen LogP contribution in [0.15, 0.2) is 16.6 Å². The number of benzene rings is 1. The molecule has 1 aromatic carbocycles. The third-order valence-corrected chi connectivity index (χ3v) is 4.43. The number of aryl methyl sites for hydroxylation is 2. The Kier molecular flexibility index (Phi) is 2.12. The van der Waals surface area contributed by atoms with E-state index in [0.29, 0.717) is 0 Å². The molecule has 3 heteroatoms. The van der Waals surface area contributed by atoms with Gasteiger partial charge < -0.3 is 4.57 Å². The molecule has 1 nitrogen and oxygen atoms in total. The standard InChI is InChI=1S/C12H11BrClN/c1-7-11(13)10-6-9(14)5-8-3-2-4-15(7)12(8)10/h5-6H,2-4H2,1H3. The van der Waals surface area contributed by atoms with Crippen molar-refractivity contribution >= 4 is 38.4 Å². The van der Waals surface area contributed by atoms with Gasteiger partial charge in [-0.2, -0.15) is 0 Å². The summed E-state index contributed by atoms with van der Waals surface area (Å²) in [7, 11) is 0. The SMILES string of the molecule is Cc1c(Br)c2cc(Cl)cc3c2n1CCC3. The zero-order valence-electron chi connectivity index (χ0n) is 8.48. The number of aromatic nitrogens is 1. The molecule has 2 aromatic rings. The summed E-state index contributed by atoms with van der Waals surface area (Å²) in [6.45, 7) is 3.29. The minimum atomic E-state index is 0.845. The van der Waals surface area contributed by atoms with Crippen LogP contribution in [0.2, 0.25) is 5.02 Å². The molecule has 15 heavy (non-hydrogen) atoms. The minimum absolute atomic E-state index is 0.845. The van der Waals surface area contributed by atoms with E-state index in [0.717, 1.165) is 18.0 Å². The minimum Gasteiger partial charge on any atom is -0.343 e. The predicted molar refractivity (Wildman–Crippen MR) is 67.7 cm³/mol. The lowest BCUT2D eigenvalue weighted by molar-refractivity contribution is 0.622. The monoisotopic (exact) mass is 283 g/mol. The van der Waals surface area contributed by atoms with Crippen molar-refractivity contribution in [1.82, 2.24) is 4.57 Å². The average Bonchev–Trinajstić information content (AvgIpc) is 2.46. The first-order valence-corrected chi connectivity index (χ1v) is 6.32. The lowest BCUT2D eigenvalue weighted by Crippen LogP contribution is -2.08. The normalized spacial score (nSPS) is 14.9. The maximum absolute atomic E-state index is 6.13. The van der Waals surface area contributed by atoms with E-state index in [4.69, 9.17) is 11.6 Å². The first-order chi connectivity index (χ1) is 7.18. The molecule has 0 radical (unpaired) electrons. The predicted octanol–water partition coefficient (Wildman–Crippen LogP) is 4.31. The van der Waals surface area contributed by atoms with Crippen molar-refractivity contribution in [2.45, 2.75) is 26.3 Å². The molecule has 2 heterocycles. The molecule has 0 N–H and O–H groups in total. The first-order valence-electron chi connectivity index (χ1n) is 5.15.